The number of hydrogen-bond donors (Lipinski definition) is 3. The van der Waals surface area contributed by atoms with Crippen LogP contribution >= 0.6 is 0 Å². The molecule has 2 heterocycles. The number of fused-ring (bicyclic) bond motifs is 1. The van der Waals surface area contributed by atoms with Crippen LogP contribution in [0.3, 0.4) is 0 Å². The quantitative estimate of drug-likeness (QED) is 0.589. The molecule has 0 saturated heterocycles. The summed E-state index contributed by atoms with van der Waals surface area (Å²) in [6, 6.07) is 7.68. The second-order valence-corrected chi connectivity index (χ2v) is 5.59. The van der Waals surface area contributed by atoms with Crippen LogP contribution < -0.4 is 10.7 Å². The lowest BCUT2D eigenvalue weighted by Gasteiger charge is -2.11. The van der Waals surface area contributed by atoms with Crippen molar-refractivity contribution in [1.82, 2.24) is 9.55 Å². The van der Waals surface area contributed by atoms with Gasteiger partial charge in [0.2, 0.25) is 0 Å². The van der Waals surface area contributed by atoms with E-state index in [9.17, 15) is 4.79 Å². The Morgan fingerprint density at radius 2 is 1.91 bits per heavy atom. The van der Waals surface area contributed by atoms with Crippen molar-refractivity contribution in [1.29, 1.82) is 0 Å². The van der Waals surface area contributed by atoms with E-state index in [2.05, 4.69) is 10.1 Å². The van der Waals surface area contributed by atoms with E-state index in [1.807, 2.05) is 32.0 Å². The summed E-state index contributed by atoms with van der Waals surface area (Å²) in [5.41, 5.74) is 3.65. The third-order valence-corrected chi connectivity index (χ3v) is 3.62. The second-order valence-electron chi connectivity index (χ2n) is 5.02. The standard InChI is InChI=1S/C16H16N2O.H3NO2S/c1-10-5-4-6-12(11(10)2)14-9-18(3)16(19)15-13(14)7-8-17-15;1-4(2)3/h4-9,17H,1-3H3;4H,(H2,1,2,3)/i3D3;. The Morgan fingerprint density at radius 3 is 2.57 bits per heavy atom. The minimum Gasteiger partial charge on any atom is -0.357 e. The molecule has 3 N–H and O–H groups in total. The summed E-state index contributed by atoms with van der Waals surface area (Å²) in [4.78, 5) is 15.2. The first-order valence-electron chi connectivity index (χ1n) is 8.23. The number of aryl methyl sites for hydroxylation is 2. The van der Waals surface area contributed by atoms with Gasteiger partial charge in [0, 0.05) is 34.4 Å². The molecule has 0 bridgehead atoms. The summed E-state index contributed by atoms with van der Waals surface area (Å²) in [7, 11) is -2.62. The molecule has 0 aliphatic carbocycles. The summed E-state index contributed by atoms with van der Waals surface area (Å²) >= 11 is 0. The van der Waals surface area contributed by atoms with Crippen molar-refractivity contribution in [2.45, 2.75) is 13.8 Å². The maximum atomic E-state index is 12.3. The summed E-state index contributed by atoms with van der Waals surface area (Å²) in [5.74, 6) is 0. The normalized spacial score (nSPS) is 13.1. The molecule has 0 spiro atoms. The van der Waals surface area contributed by atoms with E-state index in [0.29, 0.717) is 5.52 Å². The number of rotatable bonds is 1. The number of benzene rings is 1. The Morgan fingerprint density at radius 1 is 1.22 bits per heavy atom. The van der Waals surface area contributed by atoms with Gasteiger partial charge in [-0.3, -0.25) is 4.79 Å². The van der Waals surface area contributed by atoms with Crippen LogP contribution in [0.2, 0.25) is 0 Å². The zero-order valence-electron chi connectivity index (χ0n) is 15.7. The van der Waals surface area contributed by atoms with E-state index >= 15 is 0 Å². The van der Waals surface area contributed by atoms with Crippen LogP contribution in [-0.4, -0.2) is 18.0 Å². The van der Waals surface area contributed by atoms with E-state index in [1.165, 1.54) is 6.20 Å². The fourth-order valence-corrected chi connectivity index (χ4v) is 2.41. The molecule has 7 heteroatoms. The second kappa shape index (κ2) is 6.80. The lowest BCUT2D eigenvalue weighted by atomic mass is 9.96. The molecule has 6 nitrogen and oxygen atoms in total. The summed E-state index contributed by atoms with van der Waals surface area (Å²) in [5, 5.41) is 4.80. The minimum atomic E-state index is -2.62. The number of nitrogens with two attached hydrogens (primary N) is 1. The highest BCUT2D eigenvalue weighted by molar-refractivity contribution is 7.69. The molecule has 0 saturated carbocycles. The Labute approximate surface area is 139 Å². The van der Waals surface area contributed by atoms with Gasteiger partial charge in [-0.15, -0.1) is 0 Å². The number of aromatic amines is 1. The van der Waals surface area contributed by atoms with Gasteiger partial charge in [0.15, 0.2) is 10.9 Å². The van der Waals surface area contributed by atoms with Crippen LogP contribution in [0, 0.1) is 13.8 Å². The fourth-order valence-electron chi connectivity index (χ4n) is 2.41. The predicted molar refractivity (Wildman–Crippen MR) is 93.0 cm³/mol. The third-order valence-electron chi connectivity index (χ3n) is 3.62. The molecular weight excluding hydrogens is 314 g/mol. The van der Waals surface area contributed by atoms with E-state index in [1.54, 1.807) is 12.3 Å². The van der Waals surface area contributed by atoms with E-state index in [4.69, 9.17) is 12.5 Å². The fraction of sp³-hybridized carbons (Fsp3) is 0.188. The van der Waals surface area contributed by atoms with Crippen molar-refractivity contribution in [2.24, 2.45) is 12.1 Å². The van der Waals surface area contributed by atoms with E-state index in [0.717, 1.165) is 32.2 Å². The number of aromatic nitrogens is 2. The van der Waals surface area contributed by atoms with Gasteiger partial charge < -0.3 is 9.55 Å². The molecule has 1 aromatic carbocycles. The first kappa shape index (κ1) is 13.1. The molecule has 23 heavy (non-hydrogen) atoms. The highest BCUT2D eigenvalue weighted by Crippen LogP contribution is 2.30. The SMILES string of the molecule is N[SH](=O)=O.[2H]C([2H])([2H])n1cc(-c2cccc(C)c2C)c2cc[nH]c2c1=O. The monoisotopic (exact) mass is 336 g/mol. The smallest absolute Gasteiger partial charge is 0.274 e. The van der Waals surface area contributed by atoms with Crippen molar-refractivity contribution < 1.29 is 12.5 Å². The number of thiol groups is 1. The molecule has 3 aromatic rings. The third kappa shape index (κ3) is 3.52. The molecule has 0 unspecified atom stereocenters. The van der Waals surface area contributed by atoms with Gasteiger partial charge in [-0.1, -0.05) is 18.2 Å². The molecule has 0 atom stereocenters. The van der Waals surface area contributed by atoms with Gasteiger partial charge >= 0.3 is 0 Å². The lowest BCUT2D eigenvalue weighted by molar-refractivity contribution is 0.616. The van der Waals surface area contributed by atoms with Crippen molar-refractivity contribution in [3.63, 3.8) is 0 Å². The molecule has 0 aliphatic heterocycles. The lowest BCUT2D eigenvalue weighted by Crippen LogP contribution is -2.16. The maximum Gasteiger partial charge on any atom is 0.274 e. The van der Waals surface area contributed by atoms with Gasteiger partial charge in [0.1, 0.15) is 5.52 Å². The van der Waals surface area contributed by atoms with Crippen molar-refractivity contribution in [2.75, 3.05) is 0 Å². The van der Waals surface area contributed by atoms with Gasteiger partial charge in [-0.05, 0) is 36.6 Å². The van der Waals surface area contributed by atoms with Gasteiger partial charge in [-0.25, -0.2) is 13.6 Å². The number of H-pyrrole nitrogens is 1. The van der Waals surface area contributed by atoms with Crippen LogP contribution in [0.25, 0.3) is 22.0 Å². The van der Waals surface area contributed by atoms with Crippen LogP contribution in [-0.2, 0) is 17.9 Å². The van der Waals surface area contributed by atoms with E-state index < -0.39 is 23.4 Å². The van der Waals surface area contributed by atoms with Crippen LogP contribution in [0.5, 0.6) is 0 Å². The molecule has 0 aliphatic rings. The molecule has 0 radical (unpaired) electrons. The number of nitrogens with zero attached hydrogens (tertiary/aromatic N) is 1. The summed E-state index contributed by atoms with van der Waals surface area (Å²) in [6.45, 7) is 1.49. The first-order chi connectivity index (χ1) is 12.0. The van der Waals surface area contributed by atoms with Crippen molar-refractivity contribution >= 4 is 21.8 Å². The minimum absolute atomic E-state index is 0.314. The van der Waals surface area contributed by atoms with Crippen LogP contribution in [0.15, 0.2) is 41.5 Å². The maximum absolute atomic E-state index is 12.3. The van der Waals surface area contributed by atoms with E-state index in [-0.39, 0.29) is 0 Å². The number of hydrogen-bond acceptors (Lipinski definition) is 3. The summed E-state index contributed by atoms with van der Waals surface area (Å²) < 4.78 is 41.2. The van der Waals surface area contributed by atoms with Crippen molar-refractivity contribution in [3.8, 4) is 11.1 Å². The average Bonchev–Trinajstić information content (AvgIpc) is 2.99. The average molecular weight is 336 g/mol. The zero-order valence-corrected chi connectivity index (χ0v) is 13.6. The summed E-state index contributed by atoms with van der Waals surface area (Å²) in [6.07, 6.45) is 3.10. The topological polar surface area (TPSA) is 97.9 Å². The molecule has 0 amide bonds. The Bertz CT molecular complexity index is 1070. The van der Waals surface area contributed by atoms with Crippen molar-refractivity contribution in [3.05, 3.63) is 58.1 Å². The first-order valence-corrected chi connectivity index (χ1v) is 7.97. The van der Waals surface area contributed by atoms with Gasteiger partial charge in [0.05, 0.1) is 0 Å². The Balaban J connectivity index is 0.000000552. The predicted octanol–water partition coefficient (Wildman–Crippen LogP) is 1.62. The molecule has 2 aromatic heterocycles. The molecular formula is C16H19N3O3S. The highest BCUT2D eigenvalue weighted by Gasteiger charge is 2.12. The van der Waals surface area contributed by atoms with Crippen LogP contribution in [0.4, 0.5) is 0 Å². The number of nitrogens with one attached hydrogen (secondary N) is 1. The van der Waals surface area contributed by atoms with Crippen LogP contribution in [0.1, 0.15) is 15.2 Å². The molecule has 0 fully saturated rings. The molecule has 122 valence electrons. The number of pyridine rings is 1. The Hall–Kier alpha value is -2.38. The highest BCUT2D eigenvalue weighted by atomic mass is 32.2. The Kier molecular flexibility index (Phi) is 3.87. The zero-order chi connectivity index (χ0) is 19.6. The van der Waals surface area contributed by atoms with Gasteiger partial charge in [-0.2, -0.15) is 0 Å². The largest absolute Gasteiger partial charge is 0.357 e. The van der Waals surface area contributed by atoms with Gasteiger partial charge in [0.25, 0.3) is 5.56 Å². The molecule has 3 rings (SSSR count).